The van der Waals surface area contributed by atoms with Crippen LogP contribution in [0.25, 0.3) is 10.2 Å². The molecule has 0 radical (unpaired) electrons. The van der Waals surface area contributed by atoms with Crippen LogP contribution in [0.3, 0.4) is 0 Å². The first kappa shape index (κ1) is 13.3. The third-order valence-electron chi connectivity index (χ3n) is 3.05. The molecule has 1 saturated heterocycles. The van der Waals surface area contributed by atoms with Gasteiger partial charge in [0.15, 0.2) is 5.60 Å². The number of pyridine rings is 1. The lowest BCUT2D eigenvalue weighted by Gasteiger charge is -2.12. The summed E-state index contributed by atoms with van der Waals surface area (Å²) in [5.74, 6) is -0.334. The molecule has 0 N–H and O–H groups in total. The summed E-state index contributed by atoms with van der Waals surface area (Å²) in [5, 5.41) is 0.613. The monoisotopic (exact) mass is 310 g/mol. The van der Waals surface area contributed by atoms with Crippen LogP contribution in [0.1, 0.15) is 18.7 Å². The number of hydrogen-bond donors (Lipinski definition) is 0. The van der Waals surface area contributed by atoms with Crippen LogP contribution in [0.5, 0.6) is 0 Å². The zero-order valence-corrected chi connectivity index (χ0v) is 12.4. The SMILES string of the molecule is CC1(C)OC(=O)N(Cc2cc3nccc(Cl)c3s2)C1=O. The smallest absolute Gasteiger partial charge is 0.418 e. The lowest BCUT2D eigenvalue weighted by atomic mass is 10.1. The zero-order chi connectivity index (χ0) is 14.5. The van der Waals surface area contributed by atoms with Gasteiger partial charge in [0.25, 0.3) is 5.91 Å². The number of carbonyl (C=O) groups is 2. The first-order valence-electron chi connectivity index (χ1n) is 5.96. The predicted molar refractivity (Wildman–Crippen MR) is 75.7 cm³/mol. The molecule has 5 nitrogen and oxygen atoms in total. The summed E-state index contributed by atoms with van der Waals surface area (Å²) in [6, 6.07) is 3.54. The fraction of sp³-hybridized carbons (Fsp3) is 0.308. The van der Waals surface area contributed by atoms with Crippen molar-refractivity contribution in [3.05, 3.63) is 28.2 Å². The van der Waals surface area contributed by atoms with Gasteiger partial charge in [-0.15, -0.1) is 11.3 Å². The first-order valence-corrected chi connectivity index (χ1v) is 7.16. The fourth-order valence-electron chi connectivity index (χ4n) is 2.05. The van der Waals surface area contributed by atoms with Gasteiger partial charge in [0.1, 0.15) is 0 Å². The molecule has 0 bridgehead atoms. The van der Waals surface area contributed by atoms with Gasteiger partial charge in [0.2, 0.25) is 0 Å². The van der Waals surface area contributed by atoms with Crippen LogP contribution in [0.2, 0.25) is 5.02 Å². The Morgan fingerprint density at radius 2 is 2.20 bits per heavy atom. The third-order valence-corrected chi connectivity index (χ3v) is 4.62. The number of cyclic esters (lactones) is 1. The molecule has 2 amide bonds. The average Bonchev–Trinajstić information content (AvgIpc) is 2.85. The van der Waals surface area contributed by atoms with Crippen LogP contribution in [0, 0.1) is 0 Å². The van der Waals surface area contributed by atoms with E-state index in [4.69, 9.17) is 16.3 Å². The molecule has 7 heteroatoms. The standard InChI is InChI=1S/C13H11ClN2O3S/c1-13(2)11(17)16(12(18)19-13)6-7-5-9-10(20-7)8(14)3-4-15-9/h3-5H,6H2,1-2H3. The minimum atomic E-state index is -1.09. The Bertz CT molecular complexity index is 725. The van der Waals surface area contributed by atoms with Crippen LogP contribution in [0.4, 0.5) is 4.79 Å². The number of carbonyl (C=O) groups excluding carboxylic acids is 2. The largest absolute Gasteiger partial charge is 0.433 e. The van der Waals surface area contributed by atoms with E-state index in [0.29, 0.717) is 5.02 Å². The third kappa shape index (κ3) is 2.05. The Labute approximate surface area is 124 Å². The molecule has 1 aliphatic heterocycles. The summed E-state index contributed by atoms with van der Waals surface area (Å²) >= 11 is 7.51. The van der Waals surface area contributed by atoms with E-state index >= 15 is 0 Å². The van der Waals surface area contributed by atoms with Crippen molar-refractivity contribution in [2.45, 2.75) is 26.0 Å². The number of ether oxygens (including phenoxy) is 1. The van der Waals surface area contributed by atoms with Gasteiger partial charge in [0.05, 0.1) is 21.8 Å². The number of fused-ring (bicyclic) bond motifs is 1. The highest BCUT2D eigenvalue weighted by Crippen LogP contribution is 2.32. The van der Waals surface area contributed by atoms with Gasteiger partial charge < -0.3 is 4.74 Å². The molecule has 0 atom stereocenters. The second-order valence-electron chi connectivity index (χ2n) is 4.99. The zero-order valence-electron chi connectivity index (χ0n) is 10.8. The maximum Gasteiger partial charge on any atom is 0.418 e. The fourth-order valence-corrected chi connectivity index (χ4v) is 3.33. The van der Waals surface area contributed by atoms with Gasteiger partial charge in [-0.3, -0.25) is 9.78 Å². The Balaban J connectivity index is 1.92. The lowest BCUT2D eigenvalue weighted by molar-refractivity contribution is -0.134. The maximum absolute atomic E-state index is 12.1. The molecule has 1 fully saturated rings. The van der Waals surface area contributed by atoms with Crippen molar-refractivity contribution in [3.63, 3.8) is 0 Å². The molecule has 1 aliphatic rings. The normalized spacial score (nSPS) is 17.9. The Morgan fingerprint density at radius 3 is 2.80 bits per heavy atom. The molecular weight excluding hydrogens is 300 g/mol. The topological polar surface area (TPSA) is 59.5 Å². The number of halogens is 1. The van der Waals surface area contributed by atoms with Crippen molar-refractivity contribution in [1.82, 2.24) is 9.88 Å². The average molecular weight is 311 g/mol. The van der Waals surface area contributed by atoms with E-state index in [9.17, 15) is 9.59 Å². The Morgan fingerprint density at radius 1 is 1.45 bits per heavy atom. The molecular formula is C13H11ClN2O3S. The summed E-state index contributed by atoms with van der Waals surface area (Å²) in [5.41, 5.74) is -0.333. The number of nitrogens with zero attached hydrogens (tertiary/aromatic N) is 2. The number of hydrogen-bond acceptors (Lipinski definition) is 5. The second-order valence-corrected chi connectivity index (χ2v) is 6.53. The summed E-state index contributed by atoms with van der Waals surface area (Å²) in [7, 11) is 0. The van der Waals surface area contributed by atoms with E-state index in [1.165, 1.54) is 11.3 Å². The van der Waals surface area contributed by atoms with Crippen LogP contribution in [0.15, 0.2) is 18.3 Å². The van der Waals surface area contributed by atoms with Crippen LogP contribution in [-0.2, 0) is 16.1 Å². The summed E-state index contributed by atoms with van der Waals surface area (Å²) in [6.45, 7) is 3.34. The highest BCUT2D eigenvalue weighted by atomic mass is 35.5. The second kappa shape index (κ2) is 4.43. The molecule has 0 aromatic carbocycles. The van der Waals surface area contributed by atoms with Crippen molar-refractivity contribution >= 4 is 45.2 Å². The van der Waals surface area contributed by atoms with Gasteiger partial charge in [-0.1, -0.05) is 11.6 Å². The molecule has 3 rings (SSSR count). The van der Waals surface area contributed by atoms with Gasteiger partial charge in [-0.05, 0) is 26.0 Å². The van der Waals surface area contributed by atoms with E-state index in [1.54, 1.807) is 26.1 Å². The van der Waals surface area contributed by atoms with E-state index < -0.39 is 11.7 Å². The summed E-state index contributed by atoms with van der Waals surface area (Å²) in [6.07, 6.45) is 1.01. The van der Waals surface area contributed by atoms with Crippen molar-refractivity contribution in [1.29, 1.82) is 0 Å². The maximum atomic E-state index is 12.1. The van der Waals surface area contributed by atoms with E-state index in [0.717, 1.165) is 20.0 Å². The number of rotatable bonds is 2. The number of thiophene rings is 1. The summed E-state index contributed by atoms with van der Waals surface area (Å²) in [4.78, 5) is 30.0. The van der Waals surface area contributed by atoms with Crippen molar-refractivity contribution in [2.75, 3.05) is 0 Å². The molecule has 104 valence electrons. The molecule has 3 heterocycles. The van der Waals surface area contributed by atoms with Crippen LogP contribution >= 0.6 is 22.9 Å². The quantitative estimate of drug-likeness (QED) is 0.854. The molecule has 2 aromatic rings. The molecule has 2 aromatic heterocycles. The Kier molecular flexibility index (Phi) is 2.95. The molecule has 0 saturated carbocycles. The van der Waals surface area contributed by atoms with Gasteiger partial charge in [-0.25, -0.2) is 9.69 Å². The minimum absolute atomic E-state index is 0.179. The molecule has 20 heavy (non-hydrogen) atoms. The van der Waals surface area contributed by atoms with Crippen molar-refractivity contribution < 1.29 is 14.3 Å². The number of aromatic nitrogens is 1. The lowest BCUT2D eigenvalue weighted by Crippen LogP contribution is -2.35. The van der Waals surface area contributed by atoms with Gasteiger partial charge in [0, 0.05) is 11.1 Å². The van der Waals surface area contributed by atoms with Crippen LogP contribution < -0.4 is 0 Å². The Hall–Kier alpha value is -1.66. The van der Waals surface area contributed by atoms with Crippen molar-refractivity contribution in [2.24, 2.45) is 0 Å². The van der Waals surface area contributed by atoms with E-state index in [-0.39, 0.29) is 12.5 Å². The van der Waals surface area contributed by atoms with Gasteiger partial charge in [-0.2, -0.15) is 0 Å². The number of amides is 2. The summed E-state index contributed by atoms with van der Waals surface area (Å²) < 4.78 is 5.89. The van der Waals surface area contributed by atoms with Crippen molar-refractivity contribution in [3.8, 4) is 0 Å². The molecule has 0 spiro atoms. The van der Waals surface area contributed by atoms with Crippen LogP contribution in [-0.4, -0.2) is 27.5 Å². The van der Waals surface area contributed by atoms with Gasteiger partial charge >= 0.3 is 6.09 Å². The molecule has 0 unspecified atom stereocenters. The van der Waals surface area contributed by atoms with E-state index in [1.807, 2.05) is 6.07 Å². The van der Waals surface area contributed by atoms with E-state index in [2.05, 4.69) is 4.98 Å². The predicted octanol–water partition coefficient (Wildman–Crippen LogP) is 3.21. The first-order chi connectivity index (χ1) is 9.38. The highest BCUT2D eigenvalue weighted by molar-refractivity contribution is 7.19. The minimum Gasteiger partial charge on any atom is -0.433 e. The highest BCUT2D eigenvalue weighted by Gasteiger charge is 2.47. The number of imide groups is 1. The molecule has 0 aliphatic carbocycles.